The van der Waals surface area contributed by atoms with Gasteiger partial charge < -0.3 is 29.1 Å². The second kappa shape index (κ2) is 14.7. The van der Waals surface area contributed by atoms with Crippen LogP contribution in [0.4, 0.5) is 0 Å². The van der Waals surface area contributed by atoms with Gasteiger partial charge in [0, 0.05) is 18.7 Å². The number of hydrogen-bond acceptors (Lipinski definition) is 7. The maximum absolute atomic E-state index is 13.5. The van der Waals surface area contributed by atoms with Crippen molar-refractivity contribution < 1.29 is 28.9 Å². The third kappa shape index (κ3) is 7.50. The Kier molecular flexibility index (Phi) is 11.4. The molecule has 1 aliphatic heterocycles. The molecular formula is C33H44N2O6. The number of carbonyl (C=O) groups is 2. The summed E-state index contributed by atoms with van der Waals surface area (Å²) in [5.74, 6) is 0.633. The number of aryl methyl sites for hydroxylation is 1. The summed E-state index contributed by atoms with van der Waals surface area (Å²) < 4.78 is 17.2. The second-order valence-corrected chi connectivity index (χ2v) is 10.5. The summed E-state index contributed by atoms with van der Waals surface area (Å²) in [7, 11) is 1.56. The fourth-order valence-electron chi connectivity index (χ4n) is 4.92. The minimum Gasteiger partial charge on any atom is -0.507 e. The average Bonchev–Trinajstić information content (AvgIpc) is 3.21. The molecule has 222 valence electrons. The molecule has 2 aromatic rings. The van der Waals surface area contributed by atoms with Crippen molar-refractivity contribution in [1.82, 2.24) is 9.80 Å². The molecule has 1 fully saturated rings. The number of ether oxygens (including phenoxy) is 3. The van der Waals surface area contributed by atoms with Gasteiger partial charge in [0.05, 0.1) is 25.3 Å². The third-order valence-electron chi connectivity index (χ3n) is 7.37. The smallest absolute Gasteiger partial charge is 0.295 e. The largest absolute Gasteiger partial charge is 0.507 e. The maximum Gasteiger partial charge on any atom is 0.295 e. The molecule has 41 heavy (non-hydrogen) atoms. The number of hydrogen-bond donors (Lipinski definition) is 1. The fourth-order valence-corrected chi connectivity index (χ4v) is 4.92. The molecule has 1 aliphatic rings. The van der Waals surface area contributed by atoms with Crippen molar-refractivity contribution >= 4 is 17.4 Å². The van der Waals surface area contributed by atoms with E-state index in [1.165, 1.54) is 0 Å². The van der Waals surface area contributed by atoms with Crippen LogP contribution in [0.25, 0.3) is 5.76 Å². The van der Waals surface area contributed by atoms with Crippen molar-refractivity contribution in [2.45, 2.75) is 47.1 Å². The van der Waals surface area contributed by atoms with E-state index >= 15 is 0 Å². The molecule has 0 aromatic heterocycles. The van der Waals surface area contributed by atoms with Gasteiger partial charge in [-0.05, 0) is 73.8 Å². The Balaban J connectivity index is 2.10. The highest BCUT2D eigenvalue weighted by Crippen LogP contribution is 2.42. The molecule has 0 aliphatic carbocycles. The Labute approximate surface area is 244 Å². The van der Waals surface area contributed by atoms with Crippen LogP contribution in [-0.2, 0) is 9.59 Å². The van der Waals surface area contributed by atoms with Gasteiger partial charge in [0.15, 0.2) is 11.5 Å². The minimum absolute atomic E-state index is 0.0490. The number of aliphatic hydroxyl groups excluding tert-OH is 1. The summed E-state index contributed by atoms with van der Waals surface area (Å²) in [5, 5.41) is 11.6. The molecule has 1 atom stereocenters. The van der Waals surface area contributed by atoms with Gasteiger partial charge in [0.25, 0.3) is 11.7 Å². The Morgan fingerprint density at radius 1 is 1.10 bits per heavy atom. The molecule has 1 saturated heterocycles. The molecule has 8 heteroatoms. The minimum atomic E-state index is -0.791. The summed E-state index contributed by atoms with van der Waals surface area (Å²) in [5.41, 5.74) is 1.88. The van der Waals surface area contributed by atoms with Crippen LogP contribution in [0.15, 0.2) is 54.6 Å². The van der Waals surface area contributed by atoms with Gasteiger partial charge in [-0.3, -0.25) is 9.59 Å². The van der Waals surface area contributed by atoms with Gasteiger partial charge in [0.1, 0.15) is 18.1 Å². The van der Waals surface area contributed by atoms with Crippen molar-refractivity contribution in [3.05, 3.63) is 71.3 Å². The first-order valence-corrected chi connectivity index (χ1v) is 14.3. The first kappa shape index (κ1) is 31.7. The first-order valence-electron chi connectivity index (χ1n) is 14.3. The molecule has 0 saturated carbocycles. The van der Waals surface area contributed by atoms with Gasteiger partial charge >= 0.3 is 0 Å². The van der Waals surface area contributed by atoms with Crippen LogP contribution in [0.2, 0.25) is 0 Å². The summed E-state index contributed by atoms with van der Waals surface area (Å²) in [6.45, 7) is 17.3. The van der Waals surface area contributed by atoms with Crippen LogP contribution in [0.3, 0.4) is 0 Å². The summed E-state index contributed by atoms with van der Waals surface area (Å²) in [4.78, 5) is 30.7. The summed E-state index contributed by atoms with van der Waals surface area (Å²) >= 11 is 0. The highest BCUT2D eigenvalue weighted by molar-refractivity contribution is 6.46. The van der Waals surface area contributed by atoms with E-state index in [4.69, 9.17) is 14.2 Å². The molecule has 8 nitrogen and oxygen atoms in total. The van der Waals surface area contributed by atoms with Crippen molar-refractivity contribution in [3.63, 3.8) is 0 Å². The molecule has 2 aromatic carbocycles. The van der Waals surface area contributed by atoms with E-state index in [-0.39, 0.29) is 11.3 Å². The molecule has 0 bridgehead atoms. The van der Waals surface area contributed by atoms with Crippen LogP contribution in [0.1, 0.15) is 56.8 Å². The van der Waals surface area contributed by atoms with Gasteiger partial charge in [-0.2, -0.15) is 0 Å². The van der Waals surface area contributed by atoms with Crippen LogP contribution < -0.4 is 14.2 Å². The maximum atomic E-state index is 13.5. The molecule has 1 heterocycles. The molecule has 1 amide bonds. The number of ketones is 1. The monoisotopic (exact) mass is 564 g/mol. The number of amides is 1. The van der Waals surface area contributed by atoms with Crippen LogP contribution in [-0.4, -0.2) is 73.1 Å². The van der Waals surface area contributed by atoms with Gasteiger partial charge in [-0.25, -0.2) is 0 Å². The molecule has 0 radical (unpaired) electrons. The molecule has 1 N–H and O–H groups in total. The van der Waals surface area contributed by atoms with Crippen LogP contribution in [0, 0.1) is 12.8 Å². The van der Waals surface area contributed by atoms with E-state index in [1.54, 1.807) is 48.4 Å². The fraction of sp³-hybridized carbons (Fsp3) is 0.455. The van der Waals surface area contributed by atoms with Gasteiger partial charge in [0.2, 0.25) is 0 Å². The number of benzene rings is 2. The lowest BCUT2D eigenvalue weighted by Crippen LogP contribution is -2.38. The van der Waals surface area contributed by atoms with E-state index in [2.05, 4.69) is 39.2 Å². The van der Waals surface area contributed by atoms with Crippen LogP contribution in [0.5, 0.6) is 17.2 Å². The SMILES string of the molecule is C=CCOc1ccc(C(O)=C2C(=O)C(=O)N(CCN(CC)CC)C2c2ccc(OCCC(C)C)c(OC)c2)c(C)c1. The predicted molar refractivity (Wildman–Crippen MR) is 162 cm³/mol. The topological polar surface area (TPSA) is 88.5 Å². The quantitative estimate of drug-likeness (QED) is 0.127. The van der Waals surface area contributed by atoms with Gasteiger partial charge in [-0.1, -0.05) is 46.4 Å². The highest BCUT2D eigenvalue weighted by atomic mass is 16.5. The Morgan fingerprint density at radius 2 is 1.83 bits per heavy atom. The second-order valence-electron chi connectivity index (χ2n) is 10.5. The molecule has 1 unspecified atom stereocenters. The lowest BCUT2D eigenvalue weighted by Gasteiger charge is -2.28. The number of carbonyl (C=O) groups excluding carboxylic acids is 2. The zero-order chi connectivity index (χ0) is 30.1. The summed E-state index contributed by atoms with van der Waals surface area (Å²) in [6, 6.07) is 9.85. The number of likely N-dealkylation sites (N-methyl/N-ethyl adjacent to an activating group) is 1. The number of Topliss-reactive ketones (excluding diaryl/α,β-unsaturated/α-hetero) is 1. The van der Waals surface area contributed by atoms with Crippen LogP contribution >= 0.6 is 0 Å². The lowest BCUT2D eigenvalue weighted by atomic mass is 9.93. The third-order valence-corrected chi connectivity index (χ3v) is 7.37. The average molecular weight is 565 g/mol. The standard InChI is InChI=1S/C33H44N2O6/c1-8-18-40-25-12-13-26(23(6)20-25)31(36)29-30(35(33(38)32(29)37)17-16-34(9-2)10-3)24-11-14-27(28(21-24)39-7)41-19-15-22(4)5/h8,11-14,20-22,30,36H,1,9-10,15-19H2,2-7H3. The normalized spacial score (nSPS) is 16.5. The van der Waals surface area contributed by atoms with E-state index in [0.717, 1.165) is 19.5 Å². The molecular weight excluding hydrogens is 520 g/mol. The predicted octanol–water partition coefficient (Wildman–Crippen LogP) is 5.76. The zero-order valence-electron chi connectivity index (χ0n) is 25.2. The van der Waals surface area contributed by atoms with Gasteiger partial charge in [-0.15, -0.1) is 0 Å². The zero-order valence-corrected chi connectivity index (χ0v) is 25.2. The first-order chi connectivity index (χ1) is 19.7. The molecule has 3 rings (SSSR count). The number of methoxy groups -OCH3 is 1. The van der Waals surface area contributed by atoms with E-state index in [0.29, 0.717) is 66.2 Å². The number of nitrogens with zero attached hydrogens (tertiary/aromatic N) is 2. The van der Waals surface area contributed by atoms with E-state index < -0.39 is 17.7 Å². The van der Waals surface area contributed by atoms with Crippen molar-refractivity contribution in [3.8, 4) is 17.2 Å². The number of aliphatic hydroxyl groups is 1. The Bertz CT molecular complexity index is 1260. The molecule has 0 spiro atoms. The van der Waals surface area contributed by atoms with Crippen molar-refractivity contribution in [1.29, 1.82) is 0 Å². The van der Waals surface area contributed by atoms with E-state index in [9.17, 15) is 14.7 Å². The number of likely N-dealkylation sites (tertiary alicyclic amines) is 1. The Morgan fingerprint density at radius 3 is 2.44 bits per heavy atom. The Hall–Kier alpha value is -3.78. The number of rotatable bonds is 15. The van der Waals surface area contributed by atoms with Crippen molar-refractivity contribution in [2.24, 2.45) is 5.92 Å². The summed E-state index contributed by atoms with van der Waals surface area (Å²) in [6.07, 6.45) is 2.55. The highest BCUT2D eigenvalue weighted by Gasteiger charge is 2.46. The lowest BCUT2D eigenvalue weighted by molar-refractivity contribution is -0.140. The van der Waals surface area contributed by atoms with E-state index in [1.807, 2.05) is 13.0 Å². The van der Waals surface area contributed by atoms with Crippen molar-refractivity contribution in [2.75, 3.05) is 46.5 Å².